The molecule has 1 atom stereocenters. The fourth-order valence-corrected chi connectivity index (χ4v) is 4.94. The summed E-state index contributed by atoms with van der Waals surface area (Å²) in [5, 5.41) is 15.9. The van der Waals surface area contributed by atoms with E-state index < -0.39 is 15.3 Å². The maximum atomic E-state index is 12.9. The molecule has 178 valence electrons. The Kier molecular flexibility index (Phi) is 7.96. The Morgan fingerprint density at radius 1 is 1.21 bits per heavy atom. The summed E-state index contributed by atoms with van der Waals surface area (Å²) in [5.74, 6) is 0.496. The number of anilines is 2. The number of rotatable bonds is 9. The van der Waals surface area contributed by atoms with Gasteiger partial charge in [-0.3, -0.25) is 9.52 Å². The maximum absolute atomic E-state index is 12.9. The van der Waals surface area contributed by atoms with Gasteiger partial charge in [-0.15, -0.1) is 0 Å². The average molecular weight is 500 g/mol. The minimum absolute atomic E-state index is 0.0148. The largest absolute Gasteiger partial charge is 0.360 e. The Bertz CT molecular complexity index is 1310. The van der Waals surface area contributed by atoms with Crippen molar-refractivity contribution in [1.82, 2.24) is 10.1 Å². The molecular weight excluding hydrogens is 474 g/mol. The molecule has 3 aromatic rings. The number of aryl methyl sites for hydroxylation is 1. The monoisotopic (exact) mass is 499 g/mol. The van der Waals surface area contributed by atoms with Crippen LogP contribution in [0.25, 0.3) is 0 Å². The Morgan fingerprint density at radius 2 is 1.91 bits per heavy atom. The van der Waals surface area contributed by atoms with Crippen molar-refractivity contribution in [2.75, 3.05) is 10.0 Å². The lowest BCUT2D eigenvalue weighted by molar-refractivity contribution is -0.115. The van der Waals surface area contributed by atoms with Crippen molar-refractivity contribution in [1.29, 1.82) is 5.26 Å². The summed E-state index contributed by atoms with van der Waals surface area (Å²) in [7, 11) is -3.85. The number of sulfonamides is 1. The van der Waals surface area contributed by atoms with Crippen LogP contribution in [0, 0.1) is 18.3 Å². The van der Waals surface area contributed by atoms with E-state index in [4.69, 9.17) is 4.52 Å². The van der Waals surface area contributed by atoms with E-state index in [1.54, 1.807) is 13.0 Å². The molecule has 11 heteroatoms. The second kappa shape index (κ2) is 10.7. The van der Waals surface area contributed by atoms with E-state index in [0.29, 0.717) is 28.5 Å². The molecule has 1 amide bonds. The Balaban J connectivity index is 1.71. The molecule has 0 saturated heterocycles. The van der Waals surface area contributed by atoms with E-state index in [1.165, 1.54) is 42.1 Å². The van der Waals surface area contributed by atoms with Gasteiger partial charge in [-0.1, -0.05) is 37.7 Å². The highest BCUT2D eigenvalue weighted by molar-refractivity contribution is 8.00. The number of pyridine rings is 1. The minimum atomic E-state index is -3.85. The van der Waals surface area contributed by atoms with Crippen LogP contribution in [0.15, 0.2) is 56.9 Å². The number of amides is 1. The summed E-state index contributed by atoms with van der Waals surface area (Å²) >= 11 is 1.24. The molecule has 0 radical (unpaired) electrons. The third kappa shape index (κ3) is 6.15. The number of nitrogens with one attached hydrogen (secondary N) is 2. The molecule has 2 N–H and O–H groups in total. The second-order valence-electron chi connectivity index (χ2n) is 7.81. The molecule has 1 aromatic carbocycles. The minimum Gasteiger partial charge on any atom is -0.360 e. The highest BCUT2D eigenvalue weighted by atomic mass is 32.2. The molecule has 0 aliphatic carbocycles. The fraction of sp³-hybridized carbons (Fsp3) is 0.304. The first-order chi connectivity index (χ1) is 16.1. The first kappa shape index (κ1) is 25.3. The number of benzene rings is 1. The van der Waals surface area contributed by atoms with Crippen molar-refractivity contribution in [3.63, 3.8) is 0 Å². The van der Waals surface area contributed by atoms with Crippen LogP contribution in [0.4, 0.5) is 11.5 Å². The molecular formula is C23H25N5O4S2. The molecule has 2 aromatic heterocycles. The number of hydrogen-bond donors (Lipinski definition) is 2. The highest BCUT2D eigenvalue weighted by Gasteiger charge is 2.22. The van der Waals surface area contributed by atoms with Gasteiger partial charge >= 0.3 is 0 Å². The van der Waals surface area contributed by atoms with E-state index in [-0.39, 0.29) is 22.5 Å². The van der Waals surface area contributed by atoms with Crippen molar-refractivity contribution < 1.29 is 17.7 Å². The van der Waals surface area contributed by atoms with E-state index in [1.807, 2.05) is 26.8 Å². The SMILES string of the molecule is CCC(Sc1nc(C(C)C)ccc1C#N)C(=O)Nc1ccc(S(=O)(=O)Nc2cc(C)on2)cc1. The van der Waals surface area contributed by atoms with Gasteiger partial charge in [0, 0.05) is 17.4 Å². The van der Waals surface area contributed by atoms with Gasteiger partial charge in [-0.2, -0.15) is 5.26 Å². The summed E-state index contributed by atoms with van der Waals surface area (Å²) in [6, 6.07) is 12.9. The fourth-order valence-electron chi connectivity index (χ4n) is 2.96. The molecule has 2 heterocycles. The molecule has 0 aliphatic rings. The van der Waals surface area contributed by atoms with Crippen LogP contribution in [-0.2, 0) is 14.8 Å². The first-order valence-electron chi connectivity index (χ1n) is 10.6. The van der Waals surface area contributed by atoms with Gasteiger partial charge in [0.2, 0.25) is 5.91 Å². The van der Waals surface area contributed by atoms with Crippen LogP contribution in [0.1, 0.15) is 50.1 Å². The zero-order chi connectivity index (χ0) is 24.9. The molecule has 0 fully saturated rings. The number of carbonyl (C=O) groups excluding carboxylic acids is 1. The van der Waals surface area contributed by atoms with Crippen molar-refractivity contribution in [2.45, 2.75) is 55.2 Å². The summed E-state index contributed by atoms with van der Waals surface area (Å²) in [6.45, 7) is 7.56. The quantitative estimate of drug-likeness (QED) is 0.405. The van der Waals surface area contributed by atoms with Gasteiger partial charge in [-0.05, 0) is 55.7 Å². The van der Waals surface area contributed by atoms with Crippen LogP contribution in [0.5, 0.6) is 0 Å². The Hall–Kier alpha value is -3.36. The summed E-state index contributed by atoms with van der Waals surface area (Å²) in [4.78, 5) is 17.5. The third-order valence-electron chi connectivity index (χ3n) is 4.81. The van der Waals surface area contributed by atoms with Crippen molar-refractivity contribution >= 4 is 39.2 Å². The van der Waals surface area contributed by atoms with Gasteiger partial charge in [0.15, 0.2) is 5.82 Å². The normalized spacial score (nSPS) is 12.2. The van der Waals surface area contributed by atoms with E-state index in [2.05, 4.69) is 26.2 Å². The number of carbonyl (C=O) groups is 1. The maximum Gasteiger partial charge on any atom is 0.263 e. The number of nitrogens with zero attached hydrogens (tertiary/aromatic N) is 3. The summed E-state index contributed by atoms with van der Waals surface area (Å²) in [5.41, 5.74) is 1.72. The Labute approximate surface area is 203 Å². The molecule has 0 bridgehead atoms. The molecule has 1 unspecified atom stereocenters. The van der Waals surface area contributed by atoms with Gasteiger partial charge in [0.1, 0.15) is 16.9 Å². The number of aromatic nitrogens is 2. The lowest BCUT2D eigenvalue weighted by Gasteiger charge is -2.16. The van der Waals surface area contributed by atoms with E-state index >= 15 is 0 Å². The standard InChI is InChI=1S/C23H25N5O4S2/c1-5-20(33-23-16(13-24)6-11-19(26-23)14(2)3)22(29)25-17-7-9-18(10-8-17)34(30,31)28-21-12-15(4)32-27-21/h6-12,14,20H,5H2,1-4H3,(H,25,29)(H,27,28). The number of nitriles is 1. The van der Waals surface area contributed by atoms with Crippen molar-refractivity contribution in [3.8, 4) is 6.07 Å². The van der Waals surface area contributed by atoms with Gasteiger partial charge in [-0.25, -0.2) is 13.4 Å². The van der Waals surface area contributed by atoms with Gasteiger partial charge in [0.25, 0.3) is 10.0 Å². The number of hydrogen-bond acceptors (Lipinski definition) is 8. The van der Waals surface area contributed by atoms with Crippen molar-refractivity contribution in [2.24, 2.45) is 0 Å². The smallest absolute Gasteiger partial charge is 0.263 e. The third-order valence-corrected chi connectivity index (χ3v) is 7.55. The number of thioether (sulfide) groups is 1. The molecule has 9 nitrogen and oxygen atoms in total. The van der Waals surface area contributed by atoms with Crippen molar-refractivity contribution in [3.05, 3.63) is 59.5 Å². The van der Waals surface area contributed by atoms with E-state index in [0.717, 1.165) is 5.69 Å². The van der Waals surface area contributed by atoms with Crippen LogP contribution in [0.3, 0.4) is 0 Å². The van der Waals surface area contributed by atoms with Gasteiger partial charge < -0.3 is 9.84 Å². The molecule has 0 saturated carbocycles. The predicted octanol–water partition coefficient (Wildman–Crippen LogP) is 4.68. The molecule has 34 heavy (non-hydrogen) atoms. The van der Waals surface area contributed by atoms with Crippen LogP contribution >= 0.6 is 11.8 Å². The molecule has 0 spiro atoms. The first-order valence-corrected chi connectivity index (χ1v) is 12.9. The summed E-state index contributed by atoms with van der Waals surface area (Å²) < 4.78 is 32.2. The molecule has 0 aliphatic heterocycles. The second-order valence-corrected chi connectivity index (χ2v) is 10.7. The highest BCUT2D eigenvalue weighted by Crippen LogP contribution is 2.29. The topological polar surface area (TPSA) is 138 Å². The molecule has 3 rings (SSSR count). The summed E-state index contributed by atoms with van der Waals surface area (Å²) in [6.07, 6.45) is 0.516. The zero-order valence-electron chi connectivity index (χ0n) is 19.2. The zero-order valence-corrected chi connectivity index (χ0v) is 20.8. The van der Waals surface area contributed by atoms with Crippen LogP contribution in [0.2, 0.25) is 0 Å². The average Bonchev–Trinajstić information content (AvgIpc) is 3.21. The van der Waals surface area contributed by atoms with E-state index in [9.17, 15) is 18.5 Å². The van der Waals surface area contributed by atoms with Gasteiger partial charge in [0.05, 0.1) is 15.7 Å². The lowest BCUT2D eigenvalue weighted by atomic mass is 10.1. The predicted molar refractivity (Wildman–Crippen MR) is 130 cm³/mol. The van der Waals surface area contributed by atoms with Crippen LogP contribution < -0.4 is 10.0 Å². The lowest BCUT2D eigenvalue weighted by Crippen LogP contribution is -2.25. The van der Waals surface area contributed by atoms with Crippen LogP contribution in [-0.4, -0.2) is 29.7 Å². The Morgan fingerprint density at radius 3 is 2.47 bits per heavy atom.